The van der Waals surface area contributed by atoms with Crippen molar-refractivity contribution in [3.63, 3.8) is 0 Å². The number of ether oxygens (including phenoxy) is 1. The second-order valence-corrected chi connectivity index (χ2v) is 3.39. The lowest BCUT2D eigenvalue weighted by Crippen LogP contribution is -2.02. The standard InChI is InChI=1S/C12H18O/c1-5-13-11(4)12-8-6-7-9(2)10(12)3/h6-8,11H,5H2,1-4H3. The minimum absolute atomic E-state index is 0.213. The molecule has 1 unspecified atom stereocenters. The van der Waals surface area contributed by atoms with Gasteiger partial charge in [0.2, 0.25) is 0 Å². The van der Waals surface area contributed by atoms with E-state index < -0.39 is 0 Å². The largest absolute Gasteiger partial charge is 0.374 e. The lowest BCUT2D eigenvalue weighted by Gasteiger charge is -2.15. The van der Waals surface area contributed by atoms with Crippen molar-refractivity contribution in [2.75, 3.05) is 6.61 Å². The molecule has 0 saturated carbocycles. The first-order chi connectivity index (χ1) is 6.16. The first-order valence-electron chi connectivity index (χ1n) is 4.84. The second-order valence-electron chi connectivity index (χ2n) is 3.39. The molecule has 0 amide bonds. The van der Waals surface area contributed by atoms with Crippen LogP contribution in [0, 0.1) is 13.8 Å². The maximum absolute atomic E-state index is 5.56. The molecule has 0 spiro atoms. The van der Waals surface area contributed by atoms with Crippen LogP contribution in [-0.2, 0) is 4.74 Å². The van der Waals surface area contributed by atoms with Crippen molar-refractivity contribution in [2.45, 2.75) is 33.8 Å². The lowest BCUT2D eigenvalue weighted by molar-refractivity contribution is 0.0759. The first kappa shape index (κ1) is 10.3. The van der Waals surface area contributed by atoms with E-state index in [2.05, 4.69) is 39.0 Å². The monoisotopic (exact) mass is 178 g/mol. The Kier molecular flexibility index (Phi) is 3.49. The summed E-state index contributed by atoms with van der Waals surface area (Å²) in [6.45, 7) is 9.19. The van der Waals surface area contributed by atoms with Crippen molar-refractivity contribution in [3.8, 4) is 0 Å². The van der Waals surface area contributed by atoms with Crippen molar-refractivity contribution in [2.24, 2.45) is 0 Å². The fourth-order valence-electron chi connectivity index (χ4n) is 1.55. The number of hydrogen-bond acceptors (Lipinski definition) is 1. The van der Waals surface area contributed by atoms with Crippen LogP contribution >= 0.6 is 0 Å². The summed E-state index contributed by atoms with van der Waals surface area (Å²) in [5, 5.41) is 0. The molecule has 72 valence electrons. The average molecular weight is 178 g/mol. The maximum Gasteiger partial charge on any atom is 0.0799 e. The predicted octanol–water partition coefficient (Wildman–Crippen LogP) is 3.40. The number of benzene rings is 1. The Morgan fingerprint density at radius 1 is 1.31 bits per heavy atom. The average Bonchev–Trinajstić information content (AvgIpc) is 2.10. The topological polar surface area (TPSA) is 9.23 Å². The van der Waals surface area contributed by atoms with E-state index in [0.29, 0.717) is 0 Å². The van der Waals surface area contributed by atoms with Gasteiger partial charge in [-0.2, -0.15) is 0 Å². The molecular weight excluding hydrogens is 160 g/mol. The van der Waals surface area contributed by atoms with Gasteiger partial charge in [-0.3, -0.25) is 0 Å². The maximum atomic E-state index is 5.56. The number of rotatable bonds is 3. The van der Waals surface area contributed by atoms with Gasteiger partial charge >= 0.3 is 0 Å². The summed E-state index contributed by atoms with van der Waals surface area (Å²) in [5.74, 6) is 0. The third-order valence-corrected chi connectivity index (χ3v) is 2.50. The second kappa shape index (κ2) is 4.43. The van der Waals surface area contributed by atoms with Crippen LogP contribution in [0.3, 0.4) is 0 Å². The van der Waals surface area contributed by atoms with Crippen LogP contribution in [0.4, 0.5) is 0 Å². The molecule has 1 atom stereocenters. The predicted molar refractivity (Wildman–Crippen MR) is 56.0 cm³/mol. The Morgan fingerprint density at radius 3 is 2.62 bits per heavy atom. The molecule has 13 heavy (non-hydrogen) atoms. The summed E-state index contributed by atoms with van der Waals surface area (Å²) >= 11 is 0. The van der Waals surface area contributed by atoms with Gasteiger partial charge in [-0.05, 0) is 44.4 Å². The van der Waals surface area contributed by atoms with Crippen LogP contribution in [0.5, 0.6) is 0 Å². The van der Waals surface area contributed by atoms with Crippen molar-refractivity contribution < 1.29 is 4.74 Å². The van der Waals surface area contributed by atoms with Gasteiger partial charge in [0, 0.05) is 6.61 Å². The van der Waals surface area contributed by atoms with Crippen LogP contribution < -0.4 is 0 Å². The zero-order valence-electron chi connectivity index (χ0n) is 8.92. The minimum atomic E-state index is 0.213. The van der Waals surface area contributed by atoms with Gasteiger partial charge in [0.1, 0.15) is 0 Å². The van der Waals surface area contributed by atoms with E-state index in [1.54, 1.807) is 0 Å². The molecule has 0 aromatic heterocycles. The van der Waals surface area contributed by atoms with E-state index in [1.165, 1.54) is 16.7 Å². The Bertz CT molecular complexity index is 278. The summed E-state index contributed by atoms with van der Waals surface area (Å²) in [6, 6.07) is 6.37. The van der Waals surface area contributed by atoms with Crippen LogP contribution in [0.15, 0.2) is 18.2 Å². The molecule has 1 heteroatoms. The highest BCUT2D eigenvalue weighted by atomic mass is 16.5. The number of aryl methyl sites for hydroxylation is 1. The zero-order chi connectivity index (χ0) is 9.84. The molecule has 0 N–H and O–H groups in total. The quantitative estimate of drug-likeness (QED) is 0.689. The summed E-state index contributed by atoms with van der Waals surface area (Å²) < 4.78 is 5.56. The Labute approximate surface area is 80.7 Å². The van der Waals surface area contributed by atoms with E-state index in [9.17, 15) is 0 Å². The lowest BCUT2D eigenvalue weighted by atomic mass is 10.00. The Balaban J connectivity index is 2.93. The van der Waals surface area contributed by atoms with E-state index in [-0.39, 0.29) is 6.10 Å². The molecule has 0 aliphatic carbocycles. The van der Waals surface area contributed by atoms with Crippen LogP contribution in [-0.4, -0.2) is 6.61 Å². The normalized spacial score (nSPS) is 12.9. The number of hydrogen-bond donors (Lipinski definition) is 0. The molecule has 0 bridgehead atoms. The molecule has 0 heterocycles. The molecule has 0 aliphatic heterocycles. The SMILES string of the molecule is CCOC(C)c1cccc(C)c1C. The van der Waals surface area contributed by atoms with E-state index >= 15 is 0 Å². The first-order valence-corrected chi connectivity index (χ1v) is 4.84. The fraction of sp³-hybridized carbons (Fsp3) is 0.500. The van der Waals surface area contributed by atoms with Gasteiger partial charge in [0.05, 0.1) is 6.10 Å². The van der Waals surface area contributed by atoms with E-state index in [1.807, 2.05) is 6.92 Å². The smallest absolute Gasteiger partial charge is 0.0799 e. The summed E-state index contributed by atoms with van der Waals surface area (Å²) in [7, 11) is 0. The summed E-state index contributed by atoms with van der Waals surface area (Å²) in [5.41, 5.74) is 3.99. The molecule has 1 aromatic rings. The Hall–Kier alpha value is -0.820. The van der Waals surface area contributed by atoms with Crippen molar-refractivity contribution in [1.29, 1.82) is 0 Å². The van der Waals surface area contributed by atoms with Crippen LogP contribution in [0.1, 0.15) is 36.6 Å². The molecule has 1 nitrogen and oxygen atoms in total. The summed E-state index contributed by atoms with van der Waals surface area (Å²) in [6.07, 6.45) is 0.213. The molecule has 0 aliphatic rings. The fourth-order valence-corrected chi connectivity index (χ4v) is 1.55. The zero-order valence-corrected chi connectivity index (χ0v) is 8.92. The van der Waals surface area contributed by atoms with Gasteiger partial charge in [-0.1, -0.05) is 18.2 Å². The molecular formula is C12H18O. The Morgan fingerprint density at radius 2 is 2.00 bits per heavy atom. The van der Waals surface area contributed by atoms with Crippen molar-refractivity contribution in [3.05, 3.63) is 34.9 Å². The van der Waals surface area contributed by atoms with Gasteiger partial charge < -0.3 is 4.74 Å². The minimum Gasteiger partial charge on any atom is -0.374 e. The highest BCUT2D eigenvalue weighted by molar-refractivity contribution is 5.34. The van der Waals surface area contributed by atoms with Gasteiger partial charge in [0.25, 0.3) is 0 Å². The van der Waals surface area contributed by atoms with Crippen molar-refractivity contribution in [1.82, 2.24) is 0 Å². The molecule has 0 saturated heterocycles. The highest BCUT2D eigenvalue weighted by Gasteiger charge is 2.08. The summed E-state index contributed by atoms with van der Waals surface area (Å²) in [4.78, 5) is 0. The van der Waals surface area contributed by atoms with E-state index in [0.717, 1.165) is 6.61 Å². The van der Waals surface area contributed by atoms with Crippen LogP contribution in [0.2, 0.25) is 0 Å². The third kappa shape index (κ3) is 2.31. The van der Waals surface area contributed by atoms with Crippen LogP contribution in [0.25, 0.3) is 0 Å². The van der Waals surface area contributed by atoms with Gasteiger partial charge in [0.15, 0.2) is 0 Å². The van der Waals surface area contributed by atoms with Gasteiger partial charge in [-0.25, -0.2) is 0 Å². The third-order valence-electron chi connectivity index (χ3n) is 2.50. The molecule has 0 radical (unpaired) electrons. The molecule has 1 aromatic carbocycles. The van der Waals surface area contributed by atoms with Crippen molar-refractivity contribution >= 4 is 0 Å². The highest BCUT2D eigenvalue weighted by Crippen LogP contribution is 2.22. The molecule has 1 rings (SSSR count). The van der Waals surface area contributed by atoms with E-state index in [4.69, 9.17) is 4.74 Å². The van der Waals surface area contributed by atoms with Gasteiger partial charge in [-0.15, -0.1) is 0 Å². The molecule has 0 fully saturated rings.